The minimum absolute atomic E-state index is 0.180. The fraction of sp³-hybridized carbons (Fsp3) is 0.182. The van der Waals surface area contributed by atoms with Gasteiger partial charge in [-0.3, -0.25) is 9.78 Å². The highest BCUT2D eigenvalue weighted by Crippen LogP contribution is 2.21. The molecule has 2 aromatic carbocycles. The Kier molecular flexibility index (Phi) is 6.05. The van der Waals surface area contributed by atoms with E-state index < -0.39 is 0 Å². The number of amides is 1. The van der Waals surface area contributed by atoms with Gasteiger partial charge in [0.05, 0.1) is 24.6 Å². The normalized spacial score (nSPS) is 10.3. The maximum Gasteiger partial charge on any atom is 0.253 e. The summed E-state index contributed by atoms with van der Waals surface area (Å²) in [6.07, 6.45) is 4.20. The molecular formula is C22H23N3O2. The number of carbonyl (C=O) groups is 1. The molecule has 0 atom stereocenters. The fourth-order valence-corrected chi connectivity index (χ4v) is 2.87. The van der Waals surface area contributed by atoms with Crippen LogP contribution in [0.15, 0.2) is 67.0 Å². The van der Waals surface area contributed by atoms with Crippen LogP contribution in [0.2, 0.25) is 0 Å². The predicted octanol–water partition coefficient (Wildman–Crippen LogP) is 4.33. The third kappa shape index (κ3) is 4.64. The topological polar surface area (TPSA) is 63.2 Å². The van der Waals surface area contributed by atoms with E-state index in [2.05, 4.69) is 28.6 Å². The number of methoxy groups -OCH3 is 1. The number of nitrogens with zero attached hydrogens (tertiary/aromatic N) is 1. The molecule has 1 aromatic heterocycles. The smallest absolute Gasteiger partial charge is 0.253 e. The molecule has 0 saturated heterocycles. The lowest BCUT2D eigenvalue weighted by Crippen LogP contribution is -2.23. The maximum absolute atomic E-state index is 12.5. The number of carbonyl (C=O) groups excluding carboxylic acids is 1. The Hall–Kier alpha value is -3.34. The number of hydrogen-bond donors (Lipinski definition) is 2. The van der Waals surface area contributed by atoms with E-state index in [1.807, 2.05) is 42.5 Å². The minimum Gasteiger partial charge on any atom is -0.496 e. The van der Waals surface area contributed by atoms with Gasteiger partial charge in [0.2, 0.25) is 0 Å². The van der Waals surface area contributed by atoms with E-state index in [1.165, 1.54) is 5.56 Å². The number of rotatable bonds is 7. The van der Waals surface area contributed by atoms with Crippen molar-refractivity contribution in [2.75, 3.05) is 12.4 Å². The summed E-state index contributed by atoms with van der Waals surface area (Å²) in [7, 11) is 1.62. The van der Waals surface area contributed by atoms with Gasteiger partial charge in [0.1, 0.15) is 5.75 Å². The highest BCUT2D eigenvalue weighted by molar-refractivity contribution is 5.94. The zero-order valence-electron chi connectivity index (χ0n) is 15.5. The van der Waals surface area contributed by atoms with Gasteiger partial charge >= 0.3 is 0 Å². The van der Waals surface area contributed by atoms with Crippen molar-refractivity contribution in [1.29, 1.82) is 0 Å². The van der Waals surface area contributed by atoms with Gasteiger partial charge in [-0.15, -0.1) is 0 Å². The van der Waals surface area contributed by atoms with E-state index in [0.717, 1.165) is 29.1 Å². The van der Waals surface area contributed by atoms with E-state index in [1.54, 1.807) is 25.6 Å². The summed E-state index contributed by atoms with van der Waals surface area (Å²) in [5.41, 5.74) is 4.44. The van der Waals surface area contributed by atoms with Crippen LogP contribution >= 0.6 is 0 Å². The molecule has 1 amide bonds. The number of aromatic nitrogens is 1. The summed E-state index contributed by atoms with van der Waals surface area (Å²) in [5, 5.41) is 6.27. The quantitative estimate of drug-likeness (QED) is 0.658. The summed E-state index contributed by atoms with van der Waals surface area (Å²) >= 11 is 0. The molecular weight excluding hydrogens is 338 g/mol. The number of para-hydroxylation sites is 2. The molecule has 0 unspecified atom stereocenters. The molecule has 138 valence electrons. The molecule has 3 rings (SSSR count). The van der Waals surface area contributed by atoms with Crippen molar-refractivity contribution in [1.82, 2.24) is 10.3 Å². The lowest BCUT2D eigenvalue weighted by atomic mass is 10.1. The highest BCUT2D eigenvalue weighted by atomic mass is 16.5. The van der Waals surface area contributed by atoms with Gasteiger partial charge < -0.3 is 15.4 Å². The number of benzene rings is 2. The second-order valence-electron chi connectivity index (χ2n) is 6.09. The summed E-state index contributed by atoms with van der Waals surface area (Å²) in [6, 6.07) is 17.5. The van der Waals surface area contributed by atoms with Gasteiger partial charge in [0.25, 0.3) is 5.91 Å². The van der Waals surface area contributed by atoms with Gasteiger partial charge in [-0.25, -0.2) is 0 Å². The van der Waals surface area contributed by atoms with Gasteiger partial charge in [-0.2, -0.15) is 0 Å². The first-order chi connectivity index (χ1) is 13.2. The molecule has 1 heterocycles. The van der Waals surface area contributed by atoms with E-state index >= 15 is 0 Å². The molecule has 0 bridgehead atoms. The van der Waals surface area contributed by atoms with Crippen molar-refractivity contribution in [3.63, 3.8) is 0 Å². The maximum atomic E-state index is 12.5. The summed E-state index contributed by atoms with van der Waals surface area (Å²) < 4.78 is 5.32. The van der Waals surface area contributed by atoms with Crippen molar-refractivity contribution in [3.05, 3.63) is 83.7 Å². The molecule has 27 heavy (non-hydrogen) atoms. The first kappa shape index (κ1) is 18.5. The van der Waals surface area contributed by atoms with Crippen LogP contribution < -0.4 is 15.4 Å². The van der Waals surface area contributed by atoms with Crippen LogP contribution in [0.1, 0.15) is 28.4 Å². The average Bonchev–Trinajstić information content (AvgIpc) is 2.72. The number of hydrogen-bond acceptors (Lipinski definition) is 4. The monoisotopic (exact) mass is 361 g/mol. The van der Waals surface area contributed by atoms with Crippen LogP contribution in [0.4, 0.5) is 11.4 Å². The number of ether oxygens (including phenoxy) is 1. The number of anilines is 2. The molecule has 0 aliphatic heterocycles. The van der Waals surface area contributed by atoms with Crippen LogP contribution in [0, 0.1) is 0 Å². The lowest BCUT2D eigenvalue weighted by molar-refractivity contribution is 0.0950. The minimum atomic E-state index is -0.180. The summed E-state index contributed by atoms with van der Waals surface area (Å²) in [5.74, 6) is 0.573. The van der Waals surface area contributed by atoms with E-state index in [-0.39, 0.29) is 5.91 Å². The van der Waals surface area contributed by atoms with E-state index in [9.17, 15) is 4.79 Å². The first-order valence-electron chi connectivity index (χ1n) is 8.91. The second kappa shape index (κ2) is 8.85. The Labute approximate surface area is 159 Å². The van der Waals surface area contributed by atoms with Crippen LogP contribution in [0.3, 0.4) is 0 Å². The lowest BCUT2D eigenvalue weighted by Gasteiger charge is -2.12. The van der Waals surface area contributed by atoms with Crippen molar-refractivity contribution in [2.45, 2.75) is 19.9 Å². The number of pyridine rings is 1. The zero-order chi connectivity index (χ0) is 19.1. The molecule has 0 radical (unpaired) electrons. The summed E-state index contributed by atoms with van der Waals surface area (Å²) in [6.45, 7) is 2.50. The van der Waals surface area contributed by atoms with Crippen LogP contribution in [-0.4, -0.2) is 18.0 Å². The molecule has 5 heteroatoms. The Morgan fingerprint density at radius 3 is 2.56 bits per heavy atom. The first-order valence-corrected chi connectivity index (χ1v) is 8.91. The third-order valence-electron chi connectivity index (χ3n) is 4.31. The predicted molar refractivity (Wildman–Crippen MR) is 108 cm³/mol. The Morgan fingerprint density at radius 1 is 1.04 bits per heavy atom. The zero-order valence-corrected chi connectivity index (χ0v) is 15.5. The Morgan fingerprint density at radius 2 is 1.78 bits per heavy atom. The van der Waals surface area contributed by atoms with E-state index in [0.29, 0.717) is 12.1 Å². The Bertz CT molecular complexity index is 925. The molecule has 0 aliphatic carbocycles. The van der Waals surface area contributed by atoms with Crippen LogP contribution in [0.5, 0.6) is 5.75 Å². The van der Waals surface area contributed by atoms with Crippen molar-refractivity contribution < 1.29 is 9.53 Å². The SMILES string of the molecule is CCc1ccccc1Nc1cncc(C(=O)NCc2ccccc2OC)c1. The van der Waals surface area contributed by atoms with Crippen molar-refractivity contribution >= 4 is 17.3 Å². The van der Waals surface area contributed by atoms with Crippen molar-refractivity contribution in [3.8, 4) is 5.75 Å². The van der Waals surface area contributed by atoms with Gasteiger partial charge in [0, 0.05) is 24.0 Å². The van der Waals surface area contributed by atoms with Crippen LogP contribution in [0.25, 0.3) is 0 Å². The van der Waals surface area contributed by atoms with Crippen LogP contribution in [-0.2, 0) is 13.0 Å². The van der Waals surface area contributed by atoms with E-state index in [4.69, 9.17) is 4.74 Å². The van der Waals surface area contributed by atoms with Gasteiger partial charge in [0.15, 0.2) is 0 Å². The van der Waals surface area contributed by atoms with Crippen molar-refractivity contribution in [2.24, 2.45) is 0 Å². The molecule has 0 aliphatic rings. The molecule has 5 nitrogen and oxygen atoms in total. The fourth-order valence-electron chi connectivity index (χ4n) is 2.87. The molecule has 2 N–H and O–H groups in total. The van der Waals surface area contributed by atoms with Gasteiger partial charge in [-0.05, 0) is 30.2 Å². The molecule has 0 fully saturated rings. The Balaban J connectivity index is 1.70. The van der Waals surface area contributed by atoms with Gasteiger partial charge in [-0.1, -0.05) is 43.3 Å². The molecule has 0 spiro atoms. The summed E-state index contributed by atoms with van der Waals surface area (Å²) in [4.78, 5) is 16.7. The highest BCUT2D eigenvalue weighted by Gasteiger charge is 2.09. The standard InChI is InChI=1S/C22H23N3O2/c1-3-16-8-4-6-10-20(16)25-19-12-18(13-23-15-19)22(26)24-14-17-9-5-7-11-21(17)27-2/h4-13,15,25H,3,14H2,1-2H3,(H,24,26). The average molecular weight is 361 g/mol. The second-order valence-corrected chi connectivity index (χ2v) is 6.09. The molecule has 0 saturated carbocycles. The number of nitrogens with one attached hydrogen (secondary N) is 2. The largest absolute Gasteiger partial charge is 0.496 e. The third-order valence-corrected chi connectivity index (χ3v) is 4.31. The molecule has 3 aromatic rings. The number of aryl methyl sites for hydroxylation is 1.